The first-order valence-corrected chi connectivity index (χ1v) is 11.3. The molecule has 0 amide bonds. The number of hydrogen-bond acceptors (Lipinski definition) is 3. The second-order valence-corrected chi connectivity index (χ2v) is 9.10. The fourth-order valence-electron chi connectivity index (χ4n) is 2.22. The van der Waals surface area contributed by atoms with Crippen molar-refractivity contribution < 1.29 is 4.21 Å². The molecule has 1 atom stereocenters. The van der Waals surface area contributed by atoms with Crippen LogP contribution in [0.25, 0.3) is 0 Å². The highest BCUT2D eigenvalue weighted by Crippen LogP contribution is 2.34. The smallest absolute Gasteiger partial charge is 0.0574 e. The zero-order valence-electron chi connectivity index (χ0n) is 13.1. The van der Waals surface area contributed by atoms with E-state index in [-0.39, 0.29) is 0 Å². The van der Waals surface area contributed by atoms with Gasteiger partial charge in [0, 0.05) is 15.5 Å². The Morgan fingerprint density at radius 1 is 0.750 bits per heavy atom. The SMILES string of the molecule is O=S(Cc1ccccc1)c1cccc(SSCc2ccccc2)c1. The van der Waals surface area contributed by atoms with Crippen molar-refractivity contribution in [2.75, 3.05) is 0 Å². The summed E-state index contributed by atoms with van der Waals surface area (Å²) in [6.45, 7) is 0. The first-order valence-electron chi connectivity index (χ1n) is 7.67. The molecule has 0 bridgehead atoms. The van der Waals surface area contributed by atoms with Crippen LogP contribution in [0, 0.1) is 0 Å². The molecular formula is C20H18OS3. The molecule has 3 aromatic rings. The van der Waals surface area contributed by atoms with Gasteiger partial charge in [0.25, 0.3) is 0 Å². The van der Waals surface area contributed by atoms with Crippen LogP contribution in [0.15, 0.2) is 94.7 Å². The molecule has 0 N–H and O–H groups in total. The van der Waals surface area contributed by atoms with Crippen LogP contribution < -0.4 is 0 Å². The lowest BCUT2D eigenvalue weighted by Gasteiger charge is -2.06. The lowest BCUT2D eigenvalue weighted by molar-refractivity contribution is 0.682. The zero-order chi connectivity index (χ0) is 16.6. The van der Waals surface area contributed by atoms with E-state index >= 15 is 0 Å². The summed E-state index contributed by atoms with van der Waals surface area (Å²) >= 11 is 0. The number of hydrogen-bond donors (Lipinski definition) is 0. The molecule has 0 radical (unpaired) electrons. The van der Waals surface area contributed by atoms with Gasteiger partial charge in [-0.15, -0.1) is 0 Å². The summed E-state index contributed by atoms with van der Waals surface area (Å²) in [5.74, 6) is 1.52. The first-order chi connectivity index (χ1) is 11.8. The van der Waals surface area contributed by atoms with Crippen LogP contribution in [0.2, 0.25) is 0 Å². The van der Waals surface area contributed by atoms with Gasteiger partial charge in [0.1, 0.15) is 0 Å². The van der Waals surface area contributed by atoms with Crippen molar-refractivity contribution in [1.29, 1.82) is 0 Å². The molecular weight excluding hydrogens is 352 g/mol. The summed E-state index contributed by atoms with van der Waals surface area (Å²) in [6, 6.07) is 28.5. The molecule has 24 heavy (non-hydrogen) atoms. The molecule has 3 aromatic carbocycles. The van der Waals surface area contributed by atoms with Crippen LogP contribution in [0.5, 0.6) is 0 Å². The third-order valence-corrected chi connectivity index (χ3v) is 7.11. The minimum Gasteiger partial charge on any atom is -0.254 e. The molecule has 1 nitrogen and oxygen atoms in total. The number of benzene rings is 3. The highest BCUT2D eigenvalue weighted by Gasteiger charge is 2.06. The van der Waals surface area contributed by atoms with E-state index in [0.717, 1.165) is 21.1 Å². The molecule has 122 valence electrons. The molecule has 4 heteroatoms. The van der Waals surface area contributed by atoms with Crippen molar-refractivity contribution in [3.8, 4) is 0 Å². The van der Waals surface area contributed by atoms with Crippen molar-refractivity contribution in [2.24, 2.45) is 0 Å². The average molecular weight is 371 g/mol. The van der Waals surface area contributed by atoms with Crippen molar-refractivity contribution in [3.63, 3.8) is 0 Å². The van der Waals surface area contributed by atoms with E-state index in [1.807, 2.05) is 54.6 Å². The predicted molar refractivity (Wildman–Crippen MR) is 107 cm³/mol. The normalized spacial score (nSPS) is 12.0. The standard InChI is InChI=1S/C20H18OS3/c21-24(16-18-10-5-2-6-11-18)20-13-7-12-19(14-20)23-22-15-17-8-3-1-4-9-17/h1-14H,15-16H2. The van der Waals surface area contributed by atoms with Gasteiger partial charge in [-0.3, -0.25) is 4.21 Å². The van der Waals surface area contributed by atoms with E-state index in [2.05, 4.69) is 30.3 Å². The van der Waals surface area contributed by atoms with Crippen LogP contribution in [-0.2, 0) is 22.3 Å². The van der Waals surface area contributed by atoms with Crippen LogP contribution in [0.3, 0.4) is 0 Å². The second-order valence-electron chi connectivity index (χ2n) is 5.28. The average Bonchev–Trinajstić information content (AvgIpc) is 2.64. The molecule has 0 aliphatic heterocycles. The molecule has 1 unspecified atom stereocenters. The molecule has 0 heterocycles. The van der Waals surface area contributed by atoms with E-state index in [9.17, 15) is 4.21 Å². The van der Waals surface area contributed by atoms with Gasteiger partial charge >= 0.3 is 0 Å². The Morgan fingerprint density at radius 3 is 2.12 bits per heavy atom. The Kier molecular flexibility index (Phi) is 6.58. The van der Waals surface area contributed by atoms with Crippen LogP contribution in [0.1, 0.15) is 11.1 Å². The molecule has 0 saturated carbocycles. The van der Waals surface area contributed by atoms with Gasteiger partial charge in [0.05, 0.1) is 16.6 Å². The van der Waals surface area contributed by atoms with Crippen molar-refractivity contribution >= 4 is 32.4 Å². The van der Waals surface area contributed by atoms with Gasteiger partial charge in [-0.25, -0.2) is 0 Å². The zero-order valence-corrected chi connectivity index (χ0v) is 15.6. The van der Waals surface area contributed by atoms with Gasteiger partial charge in [0.2, 0.25) is 0 Å². The van der Waals surface area contributed by atoms with Crippen molar-refractivity contribution in [1.82, 2.24) is 0 Å². The summed E-state index contributed by atoms with van der Waals surface area (Å²) < 4.78 is 12.6. The van der Waals surface area contributed by atoms with Crippen LogP contribution in [0.4, 0.5) is 0 Å². The van der Waals surface area contributed by atoms with E-state index < -0.39 is 10.8 Å². The lowest BCUT2D eigenvalue weighted by Crippen LogP contribution is -1.96. The highest BCUT2D eigenvalue weighted by molar-refractivity contribution is 8.76. The van der Waals surface area contributed by atoms with E-state index in [4.69, 9.17) is 0 Å². The molecule has 0 aromatic heterocycles. The second kappa shape index (κ2) is 9.11. The summed E-state index contributed by atoms with van der Waals surface area (Å²) in [5.41, 5.74) is 2.42. The maximum atomic E-state index is 12.6. The van der Waals surface area contributed by atoms with Gasteiger partial charge in [-0.05, 0) is 29.3 Å². The minimum absolute atomic E-state index is 0.562. The highest BCUT2D eigenvalue weighted by atomic mass is 33.1. The van der Waals surface area contributed by atoms with E-state index in [1.165, 1.54) is 5.56 Å². The van der Waals surface area contributed by atoms with Gasteiger partial charge in [-0.2, -0.15) is 0 Å². The Bertz CT molecular complexity index is 788. The number of rotatable bonds is 7. The maximum Gasteiger partial charge on any atom is 0.0574 e. The van der Waals surface area contributed by atoms with Gasteiger partial charge in [0.15, 0.2) is 0 Å². The van der Waals surface area contributed by atoms with Crippen LogP contribution in [-0.4, -0.2) is 4.21 Å². The predicted octanol–water partition coefficient (Wildman–Crippen LogP) is 5.93. The Labute approximate surface area is 153 Å². The Hall–Kier alpha value is -1.49. The van der Waals surface area contributed by atoms with Gasteiger partial charge in [-0.1, -0.05) is 88.3 Å². The lowest BCUT2D eigenvalue weighted by atomic mass is 10.2. The Morgan fingerprint density at radius 2 is 1.42 bits per heavy atom. The van der Waals surface area contributed by atoms with E-state index in [1.54, 1.807) is 21.6 Å². The molecule has 0 fully saturated rings. The van der Waals surface area contributed by atoms with Crippen LogP contribution >= 0.6 is 21.6 Å². The third kappa shape index (κ3) is 5.26. The maximum absolute atomic E-state index is 12.6. The summed E-state index contributed by atoms with van der Waals surface area (Å²) in [6.07, 6.45) is 0. The summed E-state index contributed by atoms with van der Waals surface area (Å²) in [4.78, 5) is 2.04. The monoisotopic (exact) mass is 370 g/mol. The fraction of sp³-hybridized carbons (Fsp3) is 0.100. The quantitative estimate of drug-likeness (QED) is 0.479. The molecule has 0 saturated heterocycles. The summed E-state index contributed by atoms with van der Waals surface area (Å²) in [7, 11) is 2.53. The van der Waals surface area contributed by atoms with Crippen molar-refractivity contribution in [3.05, 3.63) is 96.1 Å². The van der Waals surface area contributed by atoms with Gasteiger partial charge < -0.3 is 0 Å². The molecule has 0 aliphatic carbocycles. The van der Waals surface area contributed by atoms with Crippen molar-refractivity contribution in [2.45, 2.75) is 21.3 Å². The Balaban J connectivity index is 1.58. The minimum atomic E-state index is -1.01. The summed E-state index contributed by atoms with van der Waals surface area (Å²) in [5, 5.41) is 0. The fourth-order valence-corrected chi connectivity index (χ4v) is 5.58. The molecule has 0 spiro atoms. The first kappa shape index (κ1) is 17.3. The molecule has 0 aliphatic rings. The van der Waals surface area contributed by atoms with E-state index in [0.29, 0.717) is 5.75 Å². The topological polar surface area (TPSA) is 17.1 Å². The third-order valence-electron chi connectivity index (χ3n) is 3.43. The molecule has 3 rings (SSSR count). The largest absolute Gasteiger partial charge is 0.254 e.